The van der Waals surface area contributed by atoms with E-state index in [9.17, 15) is 9.59 Å². The number of nitrogens with one attached hydrogen (secondary N) is 1. The monoisotopic (exact) mass is 371 g/mol. The van der Waals surface area contributed by atoms with Crippen LogP contribution in [-0.2, 0) is 17.8 Å². The number of hydrogen-bond donors (Lipinski definition) is 2. The van der Waals surface area contributed by atoms with Crippen molar-refractivity contribution in [3.05, 3.63) is 51.2 Å². The molecule has 26 heavy (non-hydrogen) atoms. The summed E-state index contributed by atoms with van der Waals surface area (Å²) in [6.07, 6.45) is 2.39. The first-order valence-electron chi connectivity index (χ1n) is 9.01. The third-order valence-corrected chi connectivity index (χ3v) is 5.88. The molecule has 0 bridgehead atoms. The molecule has 2 aromatic rings. The van der Waals surface area contributed by atoms with Crippen LogP contribution in [-0.4, -0.2) is 29.3 Å². The summed E-state index contributed by atoms with van der Waals surface area (Å²) in [5, 5.41) is 4.95. The third kappa shape index (κ3) is 3.81. The molecule has 6 heteroatoms. The van der Waals surface area contributed by atoms with E-state index in [0.29, 0.717) is 24.2 Å². The summed E-state index contributed by atoms with van der Waals surface area (Å²) in [7, 11) is 0. The predicted molar refractivity (Wildman–Crippen MR) is 105 cm³/mol. The molecule has 0 aliphatic carbocycles. The second-order valence-corrected chi connectivity index (χ2v) is 7.71. The van der Waals surface area contributed by atoms with E-state index < -0.39 is 6.04 Å². The van der Waals surface area contributed by atoms with Crippen LogP contribution in [0.5, 0.6) is 0 Å². The van der Waals surface area contributed by atoms with Gasteiger partial charge in [-0.3, -0.25) is 9.59 Å². The van der Waals surface area contributed by atoms with E-state index >= 15 is 0 Å². The maximum Gasteiger partial charge on any atom is 0.254 e. The zero-order valence-corrected chi connectivity index (χ0v) is 16.1. The van der Waals surface area contributed by atoms with Gasteiger partial charge in [-0.25, -0.2) is 0 Å². The SMILES string of the molecule is CCCC(N)C(=O)Nc1cccc(C(=O)N2CCc3sccc3C2)c1C. The Morgan fingerprint density at radius 1 is 1.35 bits per heavy atom. The minimum absolute atomic E-state index is 0.00769. The molecule has 2 amide bonds. The number of fused-ring (bicyclic) bond motifs is 1. The minimum Gasteiger partial charge on any atom is -0.334 e. The van der Waals surface area contributed by atoms with Crippen molar-refractivity contribution in [1.29, 1.82) is 0 Å². The van der Waals surface area contributed by atoms with Gasteiger partial charge in [-0.05, 0) is 54.5 Å². The van der Waals surface area contributed by atoms with Gasteiger partial charge < -0.3 is 16.0 Å². The Bertz CT molecular complexity index is 815. The van der Waals surface area contributed by atoms with Gasteiger partial charge in [0.1, 0.15) is 0 Å². The van der Waals surface area contributed by atoms with Crippen molar-refractivity contribution in [2.24, 2.45) is 5.73 Å². The number of rotatable bonds is 5. The van der Waals surface area contributed by atoms with E-state index in [2.05, 4.69) is 16.8 Å². The molecule has 3 rings (SSSR count). The predicted octanol–water partition coefficient (Wildman–Crippen LogP) is 3.32. The summed E-state index contributed by atoms with van der Waals surface area (Å²) in [6.45, 7) is 5.24. The maximum absolute atomic E-state index is 13.0. The van der Waals surface area contributed by atoms with E-state index in [1.807, 2.05) is 30.9 Å². The van der Waals surface area contributed by atoms with Crippen molar-refractivity contribution in [2.45, 2.75) is 45.7 Å². The Kier molecular flexibility index (Phi) is 5.74. The van der Waals surface area contributed by atoms with E-state index in [4.69, 9.17) is 5.73 Å². The number of hydrogen-bond acceptors (Lipinski definition) is 4. The van der Waals surface area contributed by atoms with Gasteiger partial charge in [0, 0.05) is 29.2 Å². The highest BCUT2D eigenvalue weighted by Gasteiger charge is 2.24. The standard InChI is InChI=1S/C20H25N3O2S/c1-3-5-16(21)19(24)22-17-7-4-6-15(13(17)2)20(25)23-10-8-18-14(12-23)9-11-26-18/h4,6-7,9,11,16H,3,5,8,10,12,21H2,1-2H3,(H,22,24). The molecule has 1 aliphatic heterocycles. The molecule has 1 unspecified atom stereocenters. The van der Waals surface area contributed by atoms with Crippen molar-refractivity contribution in [3.63, 3.8) is 0 Å². The lowest BCUT2D eigenvalue weighted by Gasteiger charge is -2.28. The minimum atomic E-state index is -0.530. The first-order valence-corrected chi connectivity index (χ1v) is 9.89. The fourth-order valence-corrected chi connectivity index (χ4v) is 4.15. The van der Waals surface area contributed by atoms with Crippen LogP contribution in [0.4, 0.5) is 5.69 Å². The Morgan fingerprint density at radius 3 is 2.92 bits per heavy atom. The summed E-state index contributed by atoms with van der Waals surface area (Å²) in [4.78, 5) is 28.5. The Labute approximate surface area is 158 Å². The number of thiophene rings is 1. The van der Waals surface area contributed by atoms with Crippen LogP contribution in [0.25, 0.3) is 0 Å². The molecule has 0 fully saturated rings. The smallest absolute Gasteiger partial charge is 0.254 e. The van der Waals surface area contributed by atoms with Crippen LogP contribution in [0.2, 0.25) is 0 Å². The van der Waals surface area contributed by atoms with Crippen molar-refractivity contribution in [2.75, 3.05) is 11.9 Å². The van der Waals surface area contributed by atoms with Crippen molar-refractivity contribution < 1.29 is 9.59 Å². The molecule has 1 atom stereocenters. The normalized spacial score (nSPS) is 14.7. The fraction of sp³-hybridized carbons (Fsp3) is 0.400. The van der Waals surface area contributed by atoms with Crippen LogP contribution in [0, 0.1) is 6.92 Å². The van der Waals surface area contributed by atoms with Gasteiger partial charge in [0.05, 0.1) is 6.04 Å². The van der Waals surface area contributed by atoms with Crippen LogP contribution in [0.1, 0.15) is 46.1 Å². The number of benzene rings is 1. The van der Waals surface area contributed by atoms with Gasteiger partial charge in [0.25, 0.3) is 5.91 Å². The first kappa shape index (κ1) is 18.6. The Hall–Kier alpha value is -2.18. The molecule has 138 valence electrons. The lowest BCUT2D eigenvalue weighted by molar-refractivity contribution is -0.117. The van der Waals surface area contributed by atoms with Gasteiger partial charge >= 0.3 is 0 Å². The van der Waals surface area contributed by atoms with Gasteiger partial charge in [0.2, 0.25) is 5.91 Å². The lowest BCUT2D eigenvalue weighted by atomic mass is 10.0. The highest BCUT2D eigenvalue weighted by Crippen LogP contribution is 2.27. The molecular weight excluding hydrogens is 346 g/mol. The summed E-state index contributed by atoms with van der Waals surface area (Å²) in [6, 6.07) is 7.01. The van der Waals surface area contributed by atoms with E-state index in [1.54, 1.807) is 17.4 Å². The van der Waals surface area contributed by atoms with E-state index in [0.717, 1.165) is 24.9 Å². The number of carbonyl (C=O) groups is 2. The zero-order valence-electron chi connectivity index (χ0n) is 15.2. The number of nitrogens with two attached hydrogens (primary N) is 1. The second kappa shape index (κ2) is 8.01. The lowest BCUT2D eigenvalue weighted by Crippen LogP contribution is -2.36. The largest absolute Gasteiger partial charge is 0.334 e. The molecule has 0 radical (unpaired) electrons. The summed E-state index contributed by atoms with van der Waals surface area (Å²) in [5.41, 5.74) is 9.19. The van der Waals surface area contributed by atoms with E-state index in [-0.39, 0.29) is 11.8 Å². The van der Waals surface area contributed by atoms with Crippen LogP contribution in [0.3, 0.4) is 0 Å². The van der Waals surface area contributed by atoms with Crippen molar-refractivity contribution >= 4 is 28.8 Å². The number of nitrogens with zero attached hydrogens (tertiary/aromatic N) is 1. The average molecular weight is 372 g/mol. The number of amides is 2. The molecular formula is C20H25N3O2S. The van der Waals surface area contributed by atoms with Crippen LogP contribution in [0.15, 0.2) is 29.6 Å². The summed E-state index contributed by atoms with van der Waals surface area (Å²) >= 11 is 1.76. The van der Waals surface area contributed by atoms with Gasteiger partial charge in [-0.1, -0.05) is 19.4 Å². The van der Waals surface area contributed by atoms with Crippen molar-refractivity contribution in [1.82, 2.24) is 4.90 Å². The molecule has 0 spiro atoms. The average Bonchev–Trinajstić information content (AvgIpc) is 3.10. The van der Waals surface area contributed by atoms with E-state index in [1.165, 1.54) is 10.4 Å². The third-order valence-electron chi connectivity index (χ3n) is 4.85. The van der Waals surface area contributed by atoms with Crippen LogP contribution < -0.4 is 11.1 Å². The first-order chi connectivity index (χ1) is 12.5. The van der Waals surface area contributed by atoms with Crippen LogP contribution >= 0.6 is 11.3 Å². The molecule has 0 saturated carbocycles. The van der Waals surface area contributed by atoms with Gasteiger partial charge in [-0.15, -0.1) is 11.3 Å². The molecule has 1 aliphatic rings. The molecule has 5 nitrogen and oxygen atoms in total. The zero-order chi connectivity index (χ0) is 18.7. The molecule has 0 saturated heterocycles. The quantitative estimate of drug-likeness (QED) is 0.846. The van der Waals surface area contributed by atoms with Crippen molar-refractivity contribution in [3.8, 4) is 0 Å². The number of anilines is 1. The number of carbonyl (C=O) groups excluding carboxylic acids is 2. The Balaban J connectivity index is 1.76. The Morgan fingerprint density at radius 2 is 2.15 bits per heavy atom. The molecule has 1 aromatic carbocycles. The summed E-state index contributed by atoms with van der Waals surface area (Å²) in [5.74, 6) is -0.200. The molecule has 2 heterocycles. The second-order valence-electron chi connectivity index (χ2n) is 6.71. The topological polar surface area (TPSA) is 75.4 Å². The fourth-order valence-electron chi connectivity index (χ4n) is 3.26. The molecule has 1 aromatic heterocycles. The van der Waals surface area contributed by atoms with Gasteiger partial charge in [0.15, 0.2) is 0 Å². The highest BCUT2D eigenvalue weighted by atomic mass is 32.1. The summed E-state index contributed by atoms with van der Waals surface area (Å²) < 4.78 is 0. The molecule has 3 N–H and O–H groups in total. The van der Waals surface area contributed by atoms with Gasteiger partial charge in [-0.2, -0.15) is 0 Å². The maximum atomic E-state index is 13.0. The highest BCUT2D eigenvalue weighted by molar-refractivity contribution is 7.10.